The number of rotatable bonds is 0. The summed E-state index contributed by atoms with van der Waals surface area (Å²) in [6.07, 6.45) is -2.79. The summed E-state index contributed by atoms with van der Waals surface area (Å²) in [4.78, 5) is 13.2. The zero-order valence-electron chi connectivity index (χ0n) is 12.3. The number of hydrogen-bond acceptors (Lipinski definition) is 3. The van der Waals surface area contributed by atoms with Crippen LogP contribution in [0.15, 0.2) is 45.2 Å². The van der Waals surface area contributed by atoms with Gasteiger partial charge in [0.05, 0.1) is 11.1 Å². The molecule has 22 heavy (non-hydrogen) atoms. The van der Waals surface area contributed by atoms with Gasteiger partial charge in [-0.3, -0.25) is 4.79 Å². The van der Waals surface area contributed by atoms with E-state index in [0.717, 1.165) is 22.6 Å². The van der Waals surface area contributed by atoms with Crippen LogP contribution in [0.25, 0.3) is 0 Å². The number of thioether (sulfide) groups is 1. The second kappa shape index (κ2) is 4.65. The van der Waals surface area contributed by atoms with E-state index in [0.29, 0.717) is 16.2 Å². The highest BCUT2D eigenvalue weighted by Crippen LogP contribution is 2.51. The number of carbonyl (C=O) groups is 1. The van der Waals surface area contributed by atoms with Gasteiger partial charge in [0.2, 0.25) is 0 Å². The molecule has 0 spiro atoms. The molecule has 0 saturated heterocycles. The Bertz CT molecular complexity index is 748. The fourth-order valence-corrected chi connectivity index (χ4v) is 4.02. The molecule has 2 aliphatic rings. The molecule has 0 fully saturated rings. The molecule has 2 nitrogen and oxygen atoms in total. The molecule has 1 atom stereocenters. The first-order chi connectivity index (χ1) is 10.1. The van der Waals surface area contributed by atoms with Crippen molar-refractivity contribution < 1.29 is 18.0 Å². The van der Waals surface area contributed by atoms with Crippen LogP contribution in [0.2, 0.25) is 0 Å². The first-order valence-corrected chi connectivity index (χ1v) is 7.56. The van der Waals surface area contributed by atoms with E-state index in [1.807, 2.05) is 13.8 Å². The Morgan fingerprint density at radius 1 is 1.23 bits per heavy atom. The highest BCUT2D eigenvalue weighted by atomic mass is 32.2. The van der Waals surface area contributed by atoms with E-state index >= 15 is 0 Å². The van der Waals surface area contributed by atoms with Crippen molar-refractivity contribution >= 4 is 23.2 Å². The molecule has 1 N–H and O–H groups in total. The molecule has 0 bridgehead atoms. The Labute approximate surface area is 130 Å². The van der Waals surface area contributed by atoms with E-state index in [1.54, 1.807) is 13.0 Å². The molecular formula is C16H14F3NOS. The van der Waals surface area contributed by atoms with Crippen molar-refractivity contribution in [3.05, 3.63) is 45.9 Å². The third kappa shape index (κ3) is 2.17. The molecule has 1 aliphatic carbocycles. The minimum atomic E-state index is -4.38. The zero-order chi connectivity index (χ0) is 16.3. The summed E-state index contributed by atoms with van der Waals surface area (Å²) >= 11 is 1.24. The molecule has 6 heteroatoms. The van der Waals surface area contributed by atoms with Crippen LogP contribution in [0.3, 0.4) is 0 Å². The van der Waals surface area contributed by atoms with Gasteiger partial charge in [-0.05, 0) is 50.6 Å². The molecule has 116 valence electrons. The normalized spacial score (nSPS) is 24.5. The van der Waals surface area contributed by atoms with E-state index in [2.05, 4.69) is 5.32 Å². The average Bonchev–Trinajstić information content (AvgIpc) is 2.42. The van der Waals surface area contributed by atoms with Crippen molar-refractivity contribution in [1.29, 1.82) is 0 Å². The highest BCUT2D eigenvalue weighted by Gasteiger charge is 2.42. The van der Waals surface area contributed by atoms with Crippen molar-refractivity contribution in [2.75, 3.05) is 5.32 Å². The Morgan fingerprint density at radius 3 is 2.55 bits per heavy atom. The van der Waals surface area contributed by atoms with E-state index in [9.17, 15) is 18.0 Å². The molecule has 0 saturated carbocycles. The highest BCUT2D eigenvalue weighted by molar-refractivity contribution is 8.03. The van der Waals surface area contributed by atoms with E-state index in [1.165, 1.54) is 17.8 Å². The number of ketones is 1. The van der Waals surface area contributed by atoms with Crippen molar-refractivity contribution in [2.45, 2.75) is 37.4 Å². The topological polar surface area (TPSA) is 29.1 Å². The SMILES string of the molecule is CC1=CC(=O)C(C)=C2Sc3cc(C(F)(F)F)ccc3NC12C. The number of carbonyl (C=O) groups excluding carboxylic acids is 1. The van der Waals surface area contributed by atoms with Crippen molar-refractivity contribution in [1.82, 2.24) is 0 Å². The lowest BCUT2D eigenvalue weighted by atomic mass is 9.83. The molecule has 0 radical (unpaired) electrons. The standard InChI is InChI=1S/C16H14F3NOS/c1-8-6-12(21)9(2)14-15(8,3)20-11-5-4-10(16(17,18)19)7-13(11)22-14/h4-7,20H,1-3H3. The number of anilines is 1. The van der Waals surface area contributed by atoms with Gasteiger partial charge in [-0.25, -0.2) is 0 Å². The van der Waals surface area contributed by atoms with Crippen LogP contribution in [0.4, 0.5) is 18.9 Å². The van der Waals surface area contributed by atoms with Gasteiger partial charge < -0.3 is 5.32 Å². The number of nitrogens with one attached hydrogen (secondary N) is 1. The van der Waals surface area contributed by atoms with Gasteiger partial charge in [0, 0.05) is 21.1 Å². The summed E-state index contributed by atoms with van der Waals surface area (Å²) in [5.41, 5.74) is 0.857. The molecule has 1 unspecified atom stereocenters. The molecule has 0 aromatic heterocycles. The van der Waals surface area contributed by atoms with E-state index < -0.39 is 17.3 Å². The van der Waals surface area contributed by atoms with Crippen LogP contribution in [0.1, 0.15) is 26.3 Å². The van der Waals surface area contributed by atoms with Gasteiger partial charge in [-0.15, -0.1) is 0 Å². The third-order valence-corrected chi connectivity index (χ3v) is 5.68. The summed E-state index contributed by atoms with van der Waals surface area (Å²) in [5.74, 6) is -0.0882. The van der Waals surface area contributed by atoms with Crippen LogP contribution < -0.4 is 5.32 Å². The Balaban J connectivity index is 2.14. The lowest BCUT2D eigenvalue weighted by molar-refractivity contribution is -0.137. The summed E-state index contributed by atoms with van der Waals surface area (Å²) < 4.78 is 38.6. The lowest BCUT2D eigenvalue weighted by Gasteiger charge is -2.42. The van der Waals surface area contributed by atoms with Crippen molar-refractivity contribution in [3.8, 4) is 0 Å². The van der Waals surface area contributed by atoms with Gasteiger partial charge >= 0.3 is 6.18 Å². The van der Waals surface area contributed by atoms with Gasteiger partial charge in [0.25, 0.3) is 0 Å². The number of hydrogen-bond donors (Lipinski definition) is 1. The maximum absolute atomic E-state index is 12.9. The molecule has 1 aliphatic heterocycles. The monoisotopic (exact) mass is 325 g/mol. The third-order valence-electron chi connectivity index (χ3n) is 4.21. The average molecular weight is 325 g/mol. The Hall–Kier alpha value is -1.69. The fourth-order valence-electron chi connectivity index (χ4n) is 2.71. The van der Waals surface area contributed by atoms with Crippen molar-refractivity contribution in [2.24, 2.45) is 0 Å². The van der Waals surface area contributed by atoms with Crippen LogP contribution in [-0.4, -0.2) is 11.3 Å². The van der Waals surface area contributed by atoms with Crippen molar-refractivity contribution in [3.63, 3.8) is 0 Å². The van der Waals surface area contributed by atoms with Crippen LogP contribution in [0, 0.1) is 0 Å². The molecule has 1 heterocycles. The number of fused-ring (bicyclic) bond motifs is 2. The first kappa shape index (κ1) is 15.2. The van der Waals surface area contributed by atoms with Gasteiger partial charge in [0.15, 0.2) is 5.78 Å². The summed E-state index contributed by atoms with van der Waals surface area (Å²) in [7, 11) is 0. The second-order valence-electron chi connectivity index (χ2n) is 5.71. The molecule has 0 amide bonds. The Morgan fingerprint density at radius 2 is 1.91 bits per heavy atom. The molecular weight excluding hydrogens is 311 g/mol. The van der Waals surface area contributed by atoms with Crippen LogP contribution in [-0.2, 0) is 11.0 Å². The molecule has 1 aromatic carbocycles. The molecule has 1 aromatic rings. The Kier molecular flexibility index (Phi) is 3.22. The summed E-state index contributed by atoms with van der Waals surface area (Å²) in [5, 5.41) is 3.29. The number of benzene rings is 1. The first-order valence-electron chi connectivity index (χ1n) is 6.74. The summed E-state index contributed by atoms with van der Waals surface area (Å²) in [6, 6.07) is 3.65. The molecule has 3 rings (SSSR count). The maximum Gasteiger partial charge on any atom is 0.416 e. The minimum absolute atomic E-state index is 0.0882. The van der Waals surface area contributed by atoms with E-state index in [4.69, 9.17) is 0 Å². The van der Waals surface area contributed by atoms with Crippen LogP contribution in [0.5, 0.6) is 0 Å². The smallest absolute Gasteiger partial charge is 0.371 e. The maximum atomic E-state index is 12.9. The number of halogens is 3. The lowest BCUT2D eigenvalue weighted by Crippen LogP contribution is -2.43. The number of alkyl halides is 3. The van der Waals surface area contributed by atoms with Crippen LogP contribution >= 0.6 is 11.8 Å². The van der Waals surface area contributed by atoms with Gasteiger partial charge in [-0.1, -0.05) is 11.8 Å². The largest absolute Gasteiger partial charge is 0.416 e. The predicted octanol–water partition coefficient (Wildman–Crippen LogP) is 4.78. The van der Waals surface area contributed by atoms with Gasteiger partial charge in [-0.2, -0.15) is 13.2 Å². The zero-order valence-corrected chi connectivity index (χ0v) is 13.1. The fraction of sp³-hybridized carbons (Fsp3) is 0.312. The van der Waals surface area contributed by atoms with Gasteiger partial charge in [0.1, 0.15) is 0 Å². The minimum Gasteiger partial charge on any atom is -0.371 e. The van der Waals surface area contributed by atoms with E-state index in [-0.39, 0.29) is 5.78 Å². The second-order valence-corrected chi connectivity index (χ2v) is 6.76. The quantitative estimate of drug-likeness (QED) is 0.744. The predicted molar refractivity (Wildman–Crippen MR) is 80.8 cm³/mol. The number of allylic oxidation sites excluding steroid dienone is 2. The summed E-state index contributed by atoms with van der Waals surface area (Å²) in [6.45, 7) is 5.51.